The lowest BCUT2D eigenvalue weighted by Gasteiger charge is -2.20. The van der Waals surface area contributed by atoms with Crippen LogP contribution in [0.2, 0.25) is 0 Å². The van der Waals surface area contributed by atoms with Crippen LogP contribution in [0, 0.1) is 18.8 Å². The van der Waals surface area contributed by atoms with Gasteiger partial charge in [-0.05, 0) is 49.3 Å². The van der Waals surface area contributed by atoms with Gasteiger partial charge in [0.25, 0.3) is 0 Å². The zero-order valence-corrected chi connectivity index (χ0v) is 14.1. The maximum atomic E-state index is 13.1. The number of ketones is 2. The Morgan fingerprint density at radius 3 is 1.87 bits per heavy atom. The van der Waals surface area contributed by atoms with E-state index in [0.717, 1.165) is 31.2 Å². The van der Waals surface area contributed by atoms with Gasteiger partial charge in [-0.15, -0.1) is 0 Å². The Kier molecular flexibility index (Phi) is 3.45. The second-order valence-electron chi connectivity index (χ2n) is 7.28. The summed E-state index contributed by atoms with van der Waals surface area (Å²) in [5.74, 6) is -0.646. The van der Waals surface area contributed by atoms with Crippen LogP contribution >= 0.6 is 0 Å². The van der Waals surface area contributed by atoms with Crippen molar-refractivity contribution in [3.63, 3.8) is 0 Å². The van der Waals surface area contributed by atoms with Crippen molar-refractivity contribution in [3.8, 4) is 0 Å². The van der Waals surface area contributed by atoms with E-state index in [0.29, 0.717) is 0 Å². The average Bonchev–Trinajstić information content (AvgIpc) is 3.21. The van der Waals surface area contributed by atoms with E-state index in [2.05, 4.69) is 32.9 Å². The molecule has 0 spiro atoms. The summed E-state index contributed by atoms with van der Waals surface area (Å²) < 4.78 is 5.85. The van der Waals surface area contributed by atoms with Crippen molar-refractivity contribution in [2.75, 3.05) is 0 Å². The van der Waals surface area contributed by atoms with Crippen LogP contribution in [0.25, 0.3) is 0 Å². The highest BCUT2D eigenvalue weighted by molar-refractivity contribution is 6.17. The second-order valence-corrected chi connectivity index (χ2v) is 7.28. The number of benzene rings is 1. The molecule has 1 aromatic carbocycles. The smallest absolute Gasteiger partial charge is 0.154 e. The SMILES string of the molecule is CCc1cc(C)cc(CC)c1C1C(=O)[C@@H]2[C@H](C1=O)[C@@H]1CC[C@H]2O1. The van der Waals surface area contributed by atoms with Crippen molar-refractivity contribution in [1.82, 2.24) is 0 Å². The van der Waals surface area contributed by atoms with E-state index < -0.39 is 5.92 Å². The Hall–Kier alpha value is -1.48. The van der Waals surface area contributed by atoms with Crippen LogP contribution < -0.4 is 0 Å². The molecule has 3 aliphatic rings. The third kappa shape index (κ3) is 1.99. The Morgan fingerprint density at radius 1 is 0.957 bits per heavy atom. The molecular formula is C20H24O3. The molecule has 0 amide bonds. The van der Waals surface area contributed by atoms with E-state index in [9.17, 15) is 9.59 Å². The first-order chi connectivity index (χ1) is 11.1. The number of carbonyl (C=O) groups is 2. The lowest BCUT2D eigenvalue weighted by molar-refractivity contribution is -0.127. The molecule has 2 saturated heterocycles. The van der Waals surface area contributed by atoms with Crippen molar-refractivity contribution in [2.45, 2.75) is 64.6 Å². The van der Waals surface area contributed by atoms with Gasteiger partial charge in [0.05, 0.1) is 24.0 Å². The predicted octanol–water partition coefficient (Wildman–Crippen LogP) is 3.15. The summed E-state index contributed by atoms with van der Waals surface area (Å²) in [5, 5.41) is 0. The molecule has 1 saturated carbocycles. The highest BCUT2D eigenvalue weighted by Crippen LogP contribution is 2.53. The molecule has 0 N–H and O–H groups in total. The van der Waals surface area contributed by atoms with Crippen molar-refractivity contribution in [1.29, 1.82) is 0 Å². The normalized spacial score (nSPS) is 35.2. The van der Waals surface area contributed by atoms with Gasteiger partial charge in [0.2, 0.25) is 0 Å². The van der Waals surface area contributed by atoms with Crippen molar-refractivity contribution >= 4 is 11.6 Å². The fourth-order valence-electron chi connectivity index (χ4n) is 5.12. The second kappa shape index (κ2) is 5.27. The first kappa shape index (κ1) is 15.1. The molecule has 122 valence electrons. The molecule has 0 aromatic heterocycles. The lowest BCUT2D eigenvalue weighted by Crippen LogP contribution is -2.29. The predicted molar refractivity (Wildman–Crippen MR) is 87.6 cm³/mol. The Bertz CT molecular complexity index is 637. The summed E-state index contributed by atoms with van der Waals surface area (Å²) in [6.45, 7) is 6.30. The minimum atomic E-state index is -0.539. The fraction of sp³-hybridized carbons (Fsp3) is 0.600. The molecule has 3 fully saturated rings. The van der Waals surface area contributed by atoms with Gasteiger partial charge in [-0.25, -0.2) is 0 Å². The standard InChI is InChI=1S/C20H24O3/c1-4-11-8-10(3)9-12(5-2)15(11)18-19(21)16-13-6-7-14(23-13)17(16)20(18)22/h8-9,13-14,16-18H,4-7H2,1-3H3/t13-,14+,16+,17-,18?. The number of hydrogen-bond donors (Lipinski definition) is 0. The van der Waals surface area contributed by atoms with Crippen LogP contribution in [-0.2, 0) is 27.2 Å². The number of hydrogen-bond acceptors (Lipinski definition) is 3. The van der Waals surface area contributed by atoms with Crippen molar-refractivity contribution in [3.05, 3.63) is 34.4 Å². The number of rotatable bonds is 3. The van der Waals surface area contributed by atoms with Gasteiger partial charge >= 0.3 is 0 Å². The summed E-state index contributed by atoms with van der Waals surface area (Å²) in [5.41, 5.74) is 4.57. The van der Waals surface area contributed by atoms with Crippen LogP contribution in [0.3, 0.4) is 0 Å². The fourth-order valence-corrected chi connectivity index (χ4v) is 5.12. The van der Waals surface area contributed by atoms with Crippen LogP contribution in [0.4, 0.5) is 0 Å². The lowest BCUT2D eigenvalue weighted by atomic mass is 9.81. The summed E-state index contributed by atoms with van der Waals surface area (Å²) >= 11 is 0. The largest absolute Gasteiger partial charge is 0.373 e. The average molecular weight is 312 g/mol. The van der Waals surface area contributed by atoms with Crippen molar-refractivity contribution < 1.29 is 14.3 Å². The Labute approximate surface area is 137 Å². The summed E-state index contributed by atoms with van der Waals surface area (Å²) in [4.78, 5) is 26.2. The minimum absolute atomic E-state index is 0.00736. The first-order valence-electron chi connectivity index (χ1n) is 8.92. The van der Waals surface area contributed by atoms with Crippen LogP contribution in [0.15, 0.2) is 12.1 Å². The summed E-state index contributed by atoms with van der Waals surface area (Å²) in [7, 11) is 0. The van der Waals surface area contributed by atoms with Gasteiger partial charge < -0.3 is 4.74 Å². The number of carbonyl (C=O) groups excluding carboxylic acids is 2. The third-order valence-corrected chi connectivity index (χ3v) is 6.05. The molecule has 4 rings (SSSR count). The molecule has 3 nitrogen and oxygen atoms in total. The first-order valence-corrected chi connectivity index (χ1v) is 8.92. The topological polar surface area (TPSA) is 43.4 Å². The Balaban J connectivity index is 1.83. The molecule has 0 radical (unpaired) electrons. The molecule has 1 unspecified atom stereocenters. The van der Waals surface area contributed by atoms with E-state index in [-0.39, 0.29) is 35.6 Å². The van der Waals surface area contributed by atoms with Gasteiger partial charge in [0, 0.05) is 0 Å². The molecule has 2 heterocycles. The maximum Gasteiger partial charge on any atom is 0.154 e. The molecule has 3 heteroatoms. The van der Waals surface area contributed by atoms with Crippen LogP contribution in [-0.4, -0.2) is 23.8 Å². The molecule has 5 atom stereocenters. The minimum Gasteiger partial charge on any atom is -0.373 e. The molecule has 2 bridgehead atoms. The number of fused-ring (bicyclic) bond motifs is 5. The van der Waals surface area contributed by atoms with Gasteiger partial charge in [-0.1, -0.05) is 31.5 Å². The third-order valence-electron chi connectivity index (χ3n) is 6.05. The monoisotopic (exact) mass is 312 g/mol. The summed E-state index contributed by atoms with van der Waals surface area (Å²) in [6, 6.07) is 4.29. The molecular weight excluding hydrogens is 288 g/mol. The number of Topliss-reactive ketones (excluding diaryl/α,β-unsaturated/α-hetero) is 2. The van der Waals surface area contributed by atoms with Gasteiger partial charge in [0.1, 0.15) is 5.92 Å². The van der Waals surface area contributed by atoms with E-state index >= 15 is 0 Å². The van der Waals surface area contributed by atoms with Crippen molar-refractivity contribution in [2.24, 2.45) is 11.8 Å². The van der Waals surface area contributed by atoms with Gasteiger partial charge in [-0.2, -0.15) is 0 Å². The highest BCUT2D eigenvalue weighted by Gasteiger charge is 2.63. The van der Waals surface area contributed by atoms with E-state index in [4.69, 9.17) is 4.74 Å². The van der Waals surface area contributed by atoms with Gasteiger partial charge in [0.15, 0.2) is 11.6 Å². The maximum absolute atomic E-state index is 13.1. The molecule has 1 aliphatic carbocycles. The number of ether oxygens (including phenoxy) is 1. The molecule has 1 aromatic rings. The zero-order chi connectivity index (χ0) is 16.3. The van der Waals surface area contributed by atoms with E-state index in [1.165, 1.54) is 16.7 Å². The quantitative estimate of drug-likeness (QED) is 0.805. The number of aryl methyl sites for hydroxylation is 3. The highest BCUT2D eigenvalue weighted by atomic mass is 16.5. The van der Waals surface area contributed by atoms with Gasteiger partial charge in [-0.3, -0.25) is 9.59 Å². The zero-order valence-electron chi connectivity index (χ0n) is 14.1. The van der Waals surface area contributed by atoms with Crippen LogP contribution in [0.1, 0.15) is 54.9 Å². The van der Waals surface area contributed by atoms with Crippen LogP contribution in [0.5, 0.6) is 0 Å². The van der Waals surface area contributed by atoms with E-state index in [1.54, 1.807) is 0 Å². The molecule has 2 aliphatic heterocycles. The Morgan fingerprint density at radius 2 is 1.43 bits per heavy atom. The van der Waals surface area contributed by atoms with E-state index in [1.807, 2.05) is 0 Å². The molecule has 23 heavy (non-hydrogen) atoms. The summed E-state index contributed by atoms with van der Waals surface area (Å²) in [6.07, 6.45) is 3.58.